The van der Waals surface area contributed by atoms with Crippen LogP contribution >= 0.6 is 0 Å². The summed E-state index contributed by atoms with van der Waals surface area (Å²) < 4.78 is 0. The molecule has 0 saturated heterocycles. The second-order valence-electron chi connectivity index (χ2n) is 6.42. The van der Waals surface area contributed by atoms with E-state index in [4.69, 9.17) is 0 Å². The van der Waals surface area contributed by atoms with Crippen LogP contribution in [0, 0.1) is 5.92 Å². The van der Waals surface area contributed by atoms with Crippen LogP contribution in [0.2, 0.25) is 0 Å². The Balaban J connectivity index is 1.97. The minimum atomic E-state index is 0.219. The summed E-state index contributed by atoms with van der Waals surface area (Å²) in [5.74, 6) is 1.67. The summed E-state index contributed by atoms with van der Waals surface area (Å²) >= 11 is 0. The molecule has 1 unspecified atom stereocenters. The molecule has 1 atom stereocenters. The topological polar surface area (TPSA) is 12.0 Å². The summed E-state index contributed by atoms with van der Waals surface area (Å²) in [6.07, 6.45) is 4.24. The van der Waals surface area contributed by atoms with E-state index in [1.807, 2.05) is 0 Å². The Bertz CT molecular complexity index is 332. The molecule has 94 valence electrons. The van der Waals surface area contributed by atoms with Gasteiger partial charge in [-0.15, -0.1) is 0 Å². The van der Waals surface area contributed by atoms with Crippen molar-refractivity contribution in [1.82, 2.24) is 5.32 Å². The van der Waals surface area contributed by atoms with Crippen LogP contribution in [0.3, 0.4) is 0 Å². The highest BCUT2D eigenvalue weighted by Crippen LogP contribution is 2.38. The molecule has 0 radical (unpaired) electrons. The Morgan fingerprint density at radius 2 is 1.82 bits per heavy atom. The smallest absolute Gasteiger partial charge is 0.00967 e. The Morgan fingerprint density at radius 3 is 2.35 bits per heavy atom. The third-order valence-electron chi connectivity index (χ3n) is 3.46. The van der Waals surface area contributed by atoms with Crippen molar-refractivity contribution >= 4 is 0 Å². The minimum Gasteiger partial charge on any atom is -0.311 e. The molecule has 1 saturated carbocycles. The molecule has 0 heterocycles. The van der Waals surface area contributed by atoms with Crippen molar-refractivity contribution in [2.45, 2.75) is 51.5 Å². The maximum Gasteiger partial charge on any atom is 0.00967 e. The van der Waals surface area contributed by atoms with E-state index in [1.54, 1.807) is 0 Å². The van der Waals surface area contributed by atoms with Gasteiger partial charge in [0.15, 0.2) is 0 Å². The number of hydrogen-bond acceptors (Lipinski definition) is 1. The van der Waals surface area contributed by atoms with Crippen molar-refractivity contribution in [1.29, 1.82) is 0 Å². The molecule has 0 spiro atoms. The fraction of sp³-hybridized carbons (Fsp3) is 0.625. The molecule has 0 bridgehead atoms. The maximum absolute atomic E-state index is 3.65. The van der Waals surface area contributed by atoms with Gasteiger partial charge in [0.2, 0.25) is 0 Å². The lowest BCUT2D eigenvalue weighted by molar-refractivity contribution is 0.393. The lowest BCUT2D eigenvalue weighted by atomic mass is 9.92. The van der Waals surface area contributed by atoms with Crippen LogP contribution in [0.4, 0.5) is 0 Å². The van der Waals surface area contributed by atoms with Gasteiger partial charge in [-0.25, -0.2) is 0 Å². The van der Waals surface area contributed by atoms with Crippen molar-refractivity contribution in [2.75, 3.05) is 6.54 Å². The van der Waals surface area contributed by atoms with Crippen LogP contribution in [0.5, 0.6) is 0 Å². The van der Waals surface area contributed by atoms with Crippen molar-refractivity contribution in [3.63, 3.8) is 0 Å². The van der Waals surface area contributed by atoms with Crippen LogP contribution in [0.25, 0.3) is 0 Å². The molecular formula is C16H25N. The third-order valence-corrected chi connectivity index (χ3v) is 3.46. The molecule has 1 N–H and O–H groups in total. The molecule has 1 fully saturated rings. The highest BCUT2D eigenvalue weighted by molar-refractivity contribution is 5.20. The van der Waals surface area contributed by atoms with E-state index in [0.717, 1.165) is 12.5 Å². The fourth-order valence-corrected chi connectivity index (χ4v) is 2.25. The molecule has 0 amide bonds. The lowest BCUT2D eigenvalue weighted by Crippen LogP contribution is -2.38. The van der Waals surface area contributed by atoms with Gasteiger partial charge in [-0.3, -0.25) is 0 Å². The van der Waals surface area contributed by atoms with Gasteiger partial charge in [-0.2, -0.15) is 0 Å². The first-order valence-corrected chi connectivity index (χ1v) is 6.84. The third kappa shape index (κ3) is 4.51. The number of hydrogen-bond donors (Lipinski definition) is 1. The van der Waals surface area contributed by atoms with Crippen LogP contribution in [0.15, 0.2) is 30.3 Å². The predicted molar refractivity (Wildman–Crippen MR) is 74.3 cm³/mol. The van der Waals surface area contributed by atoms with Gasteiger partial charge >= 0.3 is 0 Å². The van der Waals surface area contributed by atoms with E-state index >= 15 is 0 Å². The SMILES string of the molecule is CC(C)(C)NCC(CC1CC1)c1ccccc1. The van der Waals surface area contributed by atoms with Crippen molar-refractivity contribution in [3.8, 4) is 0 Å². The maximum atomic E-state index is 3.65. The second-order valence-corrected chi connectivity index (χ2v) is 6.42. The first-order chi connectivity index (χ1) is 8.04. The van der Waals surface area contributed by atoms with E-state index in [-0.39, 0.29) is 5.54 Å². The average Bonchev–Trinajstić information content (AvgIpc) is 3.08. The summed E-state index contributed by atoms with van der Waals surface area (Å²) in [4.78, 5) is 0. The second kappa shape index (κ2) is 5.22. The van der Waals surface area contributed by atoms with Crippen LogP contribution in [-0.4, -0.2) is 12.1 Å². The summed E-state index contributed by atoms with van der Waals surface area (Å²) in [5.41, 5.74) is 1.72. The molecule has 1 nitrogen and oxygen atoms in total. The average molecular weight is 231 g/mol. The Labute approximate surface area is 106 Å². The fourth-order valence-electron chi connectivity index (χ4n) is 2.25. The van der Waals surface area contributed by atoms with Crippen molar-refractivity contribution in [2.24, 2.45) is 5.92 Å². The Hall–Kier alpha value is -0.820. The quantitative estimate of drug-likeness (QED) is 0.809. The van der Waals surface area contributed by atoms with E-state index in [2.05, 4.69) is 56.4 Å². The molecule has 1 aliphatic rings. The monoisotopic (exact) mass is 231 g/mol. The minimum absolute atomic E-state index is 0.219. The lowest BCUT2D eigenvalue weighted by Gasteiger charge is -2.25. The highest BCUT2D eigenvalue weighted by Gasteiger charge is 2.26. The van der Waals surface area contributed by atoms with Crippen LogP contribution < -0.4 is 5.32 Å². The Kier molecular flexibility index (Phi) is 3.88. The molecule has 1 aromatic carbocycles. The van der Waals surface area contributed by atoms with Gasteiger partial charge in [-0.05, 0) is 44.6 Å². The number of nitrogens with one attached hydrogen (secondary N) is 1. The Morgan fingerprint density at radius 1 is 1.18 bits per heavy atom. The summed E-state index contributed by atoms with van der Waals surface area (Å²) in [6.45, 7) is 7.83. The molecule has 0 aliphatic heterocycles. The first kappa shape index (κ1) is 12.6. The summed E-state index contributed by atoms with van der Waals surface area (Å²) in [7, 11) is 0. The molecular weight excluding hydrogens is 206 g/mol. The van der Waals surface area contributed by atoms with Gasteiger partial charge in [0.1, 0.15) is 0 Å². The van der Waals surface area contributed by atoms with E-state index < -0.39 is 0 Å². The summed E-state index contributed by atoms with van der Waals surface area (Å²) in [5, 5.41) is 3.65. The normalized spacial score (nSPS) is 18.1. The number of rotatable bonds is 5. The van der Waals surface area contributed by atoms with Gasteiger partial charge < -0.3 is 5.32 Å². The van der Waals surface area contributed by atoms with Gasteiger partial charge in [0, 0.05) is 12.1 Å². The zero-order valence-electron chi connectivity index (χ0n) is 11.4. The van der Waals surface area contributed by atoms with Gasteiger partial charge in [-0.1, -0.05) is 43.2 Å². The largest absolute Gasteiger partial charge is 0.311 e. The van der Waals surface area contributed by atoms with Gasteiger partial charge in [0.05, 0.1) is 0 Å². The first-order valence-electron chi connectivity index (χ1n) is 6.84. The molecule has 2 rings (SSSR count). The molecule has 1 aromatic rings. The van der Waals surface area contributed by atoms with Crippen molar-refractivity contribution < 1.29 is 0 Å². The highest BCUT2D eigenvalue weighted by atomic mass is 14.9. The van der Waals surface area contributed by atoms with Crippen LogP contribution in [-0.2, 0) is 0 Å². The zero-order chi connectivity index (χ0) is 12.3. The zero-order valence-corrected chi connectivity index (χ0v) is 11.4. The number of benzene rings is 1. The van der Waals surface area contributed by atoms with Gasteiger partial charge in [0.25, 0.3) is 0 Å². The molecule has 0 aromatic heterocycles. The summed E-state index contributed by atoms with van der Waals surface area (Å²) in [6, 6.07) is 11.0. The standard InChI is InChI=1S/C16H25N/c1-16(2,3)17-12-15(11-13-9-10-13)14-7-5-4-6-8-14/h4-8,13,15,17H,9-12H2,1-3H3. The molecule has 1 heteroatoms. The van der Waals surface area contributed by atoms with Crippen molar-refractivity contribution in [3.05, 3.63) is 35.9 Å². The van der Waals surface area contributed by atoms with E-state index in [9.17, 15) is 0 Å². The molecule has 1 aliphatic carbocycles. The van der Waals surface area contributed by atoms with Crippen LogP contribution in [0.1, 0.15) is 51.5 Å². The van der Waals surface area contributed by atoms with E-state index in [1.165, 1.54) is 24.8 Å². The molecule has 17 heavy (non-hydrogen) atoms. The predicted octanol–water partition coefficient (Wildman–Crippen LogP) is 3.96. The van der Waals surface area contributed by atoms with E-state index in [0.29, 0.717) is 5.92 Å².